The third-order valence-electron chi connectivity index (χ3n) is 3.22. The third-order valence-corrected chi connectivity index (χ3v) is 3.22. The number of nitrogens with zero attached hydrogens (tertiary/aromatic N) is 2. The zero-order valence-corrected chi connectivity index (χ0v) is 10.9. The molecule has 0 saturated heterocycles. The maximum absolute atomic E-state index is 10.9. The molecule has 2 rings (SSSR count). The zero-order valence-electron chi connectivity index (χ0n) is 10.9. The second-order valence-electron chi connectivity index (χ2n) is 4.63. The number of hydrogen-bond donors (Lipinski definition) is 1. The van der Waals surface area contributed by atoms with Crippen LogP contribution in [0.1, 0.15) is 37.0 Å². The number of carboxylic acid groups (broad SMARTS) is 1. The molecule has 1 N–H and O–H groups in total. The van der Waals surface area contributed by atoms with Crippen molar-refractivity contribution in [3.05, 3.63) is 47.6 Å². The highest BCUT2D eigenvalue weighted by molar-refractivity contribution is 5.70. The van der Waals surface area contributed by atoms with Crippen molar-refractivity contribution in [3.8, 4) is 0 Å². The van der Waals surface area contributed by atoms with E-state index < -0.39 is 11.9 Å². The van der Waals surface area contributed by atoms with Gasteiger partial charge in [0.05, 0.1) is 5.92 Å². The molecular weight excluding hydrogens is 244 g/mol. The second kappa shape index (κ2) is 5.65. The van der Waals surface area contributed by atoms with E-state index in [-0.39, 0.29) is 5.92 Å². The van der Waals surface area contributed by atoms with Gasteiger partial charge in [-0.3, -0.25) is 4.79 Å². The lowest BCUT2D eigenvalue weighted by atomic mass is 9.96. The van der Waals surface area contributed by atoms with Crippen molar-refractivity contribution < 1.29 is 14.4 Å². The second-order valence-corrected chi connectivity index (χ2v) is 4.63. The van der Waals surface area contributed by atoms with E-state index in [0.29, 0.717) is 18.1 Å². The Balaban J connectivity index is 2.09. The maximum Gasteiger partial charge on any atom is 0.307 e. The van der Waals surface area contributed by atoms with Crippen LogP contribution in [0, 0.1) is 5.92 Å². The highest BCUT2D eigenvalue weighted by Crippen LogP contribution is 2.23. The molecule has 1 aromatic carbocycles. The minimum absolute atomic E-state index is 0.297. The van der Waals surface area contributed by atoms with Crippen LogP contribution in [-0.4, -0.2) is 21.2 Å². The standard InChI is InChI=1S/C14H16N2O3/c1-9(10(2)14(17)18)13-15-12(16-19-13)8-11-6-4-3-5-7-11/h3-7,9-10H,8H2,1-2H3,(H,17,18). The van der Waals surface area contributed by atoms with Gasteiger partial charge in [-0.25, -0.2) is 0 Å². The Bertz CT molecular complexity index is 551. The molecule has 5 nitrogen and oxygen atoms in total. The van der Waals surface area contributed by atoms with E-state index in [1.807, 2.05) is 30.3 Å². The summed E-state index contributed by atoms with van der Waals surface area (Å²) >= 11 is 0. The van der Waals surface area contributed by atoms with E-state index in [2.05, 4.69) is 10.1 Å². The zero-order chi connectivity index (χ0) is 13.8. The van der Waals surface area contributed by atoms with Gasteiger partial charge in [-0.05, 0) is 5.56 Å². The average Bonchev–Trinajstić information content (AvgIpc) is 2.86. The largest absolute Gasteiger partial charge is 0.481 e. The highest BCUT2D eigenvalue weighted by Gasteiger charge is 2.25. The number of aliphatic carboxylic acids is 1. The molecule has 0 spiro atoms. The maximum atomic E-state index is 10.9. The first-order chi connectivity index (χ1) is 9.08. The fourth-order valence-electron chi connectivity index (χ4n) is 1.73. The summed E-state index contributed by atoms with van der Waals surface area (Å²) in [5.41, 5.74) is 1.09. The molecule has 0 saturated carbocycles. The van der Waals surface area contributed by atoms with Gasteiger partial charge in [-0.15, -0.1) is 0 Å². The lowest BCUT2D eigenvalue weighted by molar-refractivity contribution is -0.141. The molecule has 0 aliphatic carbocycles. The number of benzene rings is 1. The molecule has 0 aliphatic heterocycles. The van der Waals surface area contributed by atoms with Gasteiger partial charge in [0, 0.05) is 12.3 Å². The van der Waals surface area contributed by atoms with Gasteiger partial charge in [-0.1, -0.05) is 49.3 Å². The highest BCUT2D eigenvalue weighted by atomic mass is 16.5. The number of aromatic nitrogens is 2. The van der Waals surface area contributed by atoms with E-state index in [0.717, 1.165) is 5.56 Å². The predicted octanol–water partition coefficient (Wildman–Crippen LogP) is 2.48. The molecule has 2 atom stereocenters. The predicted molar refractivity (Wildman–Crippen MR) is 68.8 cm³/mol. The van der Waals surface area contributed by atoms with E-state index in [1.54, 1.807) is 13.8 Å². The summed E-state index contributed by atoms with van der Waals surface area (Å²) in [7, 11) is 0. The number of rotatable bonds is 5. The summed E-state index contributed by atoms with van der Waals surface area (Å²) in [4.78, 5) is 15.2. The SMILES string of the molecule is CC(C(=O)O)C(C)c1nc(Cc2ccccc2)no1. The Morgan fingerprint density at radius 2 is 2.00 bits per heavy atom. The average molecular weight is 260 g/mol. The van der Waals surface area contributed by atoms with Crippen LogP contribution in [0.3, 0.4) is 0 Å². The van der Waals surface area contributed by atoms with Crippen LogP contribution in [0.5, 0.6) is 0 Å². The Kier molecular flexibility index (Phi) is 3.94. The van der Waals surface area contributed by atoms with E-state index in [9.17, 15) is 4.79 Å². The van der Waals surface area contributed by atoms with E-state index in [1.165, 1.54) is 0 Å². The van der Waals surface area contributed by atoms with Crippen molar-refractivity contribution >= 4 is 5.97 Å². The van der Waals surface area contributed by atoms with Gasteiger partial charge < -0.3 is 9.63 Å². The molecule has 19 heavy (non-hydrogen) atoms. The molecule has 0 bridgehead atoms. The van der Waals surface area contributed by atoms with Crippen LogP contribution in [-0.2, 0) is 11.2 Å². The molecule has 0 aliphatic rings. The van der Waals surface area contributed by atoms with Crippen LogP contribution in [0.4, 0.5) is 0 Å². The molecule has 1 heterocycles. The fourth-order valence-corrected chi connectivity index (χ4v) is 1.73. The van der Waals surface area contributed by atoms with Gasteiger partial charge in [0.25, 0.3) is 0 Å². The molecule has 1 aromatic heterocycles. The molecule has 0 fully saturated rings. The summed E-state index contributed by atoms with van der Waals surface area (Å²) in [5.74, 6) is -0.763. The van der Waals surface area contributed by atoms with E-state index >= 15 is 0 Å². The van der Waals surface area contributed by atoms with Crippen molar-refractivity contribution in [2.24, 2.45) is 5.92 Å². The van der Waals surface area contributed by atoms with Crippen molar-refractivity contribution in [1.29, 1.82) is 0 Å². The fraction of sp³-hybridized carbons (Fsp3) is 0.357. The molecule has 2 aromatic rings. The van der Waals surface area contributed by atoms with Crippen molar-refractivity contribution in [2.45, 2.75) is 26.2 Å². The van der Waals surface area contributed by atoms with Crippen LogP contribution in [0.15, 0.2) is 34.9 Å². The topological polar surface area (TPSA) is 76.2 Å². The lowest BCUT2D eigenvalue weighted by Gasteiger charge is -2.10. The van der Waals surface area contributed by atoms with Gasteiger partial charge >= 0.3 is 5.97 Å². The first-order valence-corrected chi connectivity index (χ1v) is 6.17. The minimum atomic E-state index is -0.865. The molecule has 0 amide bonds. The molecule has 0 radical (unpaired) electrons. The number of carboxylic acids is 1. The molecular formula is C14H16N2O3. The Labute approximate surface area is 111 Å². The summed E-state index contributed by atoms with van der Waals surface area (Å²) in [6.07, 6.45) is 0.582. The van der Waals surface area contributed by atoms with Crippen LogP contribution in [0.2, 0.25) is 0 Å². The third kappa shape index (κ3) is 3.19. The van der Waals surface area contributed by atoms with Gasteiger partial charge in [0.1, 0.15) is 0 Å². The molecule has 100 valence electrons. The summed E-state index contributed by atoms with van der Waals surface area (Å²) in [6.45, 7) is 3.41. The molecule has 2 unspecified atom stereocenters. The van der Waals surface area contributed by atoms with Gasteiger partial charge in [0.2, 0.25) is 5.89 Å². The first-order valence-electron chi connectivity index (χ1n) is 6.17. The summed E-state index contributed by atoms with van der Waals surface area (Å²) in [5, 5.41) is 12.9. The summed E-state index contributed by atoms with van der Waals surface area (Å²) in [6, 6.07) is 9.82. The normalized spacial score (nSPS) is 14.0. The van der Waals surface area contributed by atoms with Crippen LogP contribution >= 0.6 is 0 Å². The first kappa shape index (κ1) is 13.3. The Morgan fingerprint density at radius 1 is 1.32 bits per heavy atom. The van der Waals surface area contributed by atoms with Gasteiger partial charge in [0.15, 0.2) is 5.82 Å². The quantitative estimate of drug-likeness (QED) is 0.893. The smallest absolute Gasteiger partial charge is 0.307 e. The van der Waals surface area contributed by atoms with Crippen LogP contribution < -0.4 is 0 Å². The number of carbonyl (C=O) groups is 1. The van der Waals surface area contributed by atoms with Crippen molar-refractivity contribution in [1.82, 2.24) is 10.1 Å². The monoisotopic (exact) mass is 260 g/mol. The van der Waals surface area contributed by atoms with Crippen molar-refractivity contribution in [2.75, 3.05) is 0 Å². The van der Waals surface area contributed by atoms with Gasteiger partial charge in [-0.2, -0.15) is 4.98 Å². The Morgan fingerprint density at radius 3 is 2.63 bits per heavy atom. The van der Waals surface area contributed by atoms with E-state index in [4.69, 9.17) is 9.63 Å². The minimum Gasteiger partial charge on any atom is -0.481 e. The summed E-state index contributed by atoms with van der Waals surface area (Å²) < 4.78 is 5.15. The lowest BCUT2D eigenvalue weighted by Crippen LogP contribution is -2.16. The van der Waals surface area contributed by atoms with Crippen molar-refractivity contribution in [3.63, 3.8) is 0 Å². The Hall–Kier alpha value is -2.17. The number of hydrogen-bond acceptors (Lipinski definition) is 4. The molecule has 5 heteroatoms. The van der Waals surface area contributed by atoms with Crippen LogP contribution in [0.25, 0.3) is 0 Å².